The molecule has 18 heavy (non-hydrogen) atoms. The van der Waals surface area contributed by atoms with Crippen molar-refractivity contribution in [3.63, 3.8) is 0 Å². The van der Waals surface area contributed by atoms with Crippen molar-refractivity contribution in [2.45, 2.75) is 51.0 Å². The Labute approximate surface area is 110 Å². The van der Waals surface area contributed by atoms with Gasteiger partial charge in [0.05, 0.1) is 6.10 Å². The average molecular weight is 251 g/mol. The highest BCUT2D eigenvalue weighted by Crippen LogP contribution is 2.51. The maximum absolute atomic E-state index is 12.6. The van der Waals surface area contributed by atoms with E-state index in [2.05, 4.69) is 11.9 Å². The number of ketones is 1. The molecule has 0 amide bonds. The summed E-state index contributed by atoms with van der Waals surface area (Å²) in [4.78, 5) is 14.9. The smallest absolute Gasteiger partial charge is 0.140 e. The van der Waals surface area contributed by atoms with Crippen LogP contribution >= 0.6 is 0 Å². The molecule has 1 heterocycles. The lowest BCUT2D eigenvalue weighted by Crippen LogP contribution is -2.61. The summed E-state index contributed by atoms with van der Waals surface area (Å²) in [5, 5.41) is 10.5. The molecule has 3 rings (SSSR count). The number of rotatable bonds is 0. The standard InChI is InChI=1S/C15H25NO2/c1-16-9-11-5-4-6-12(17)14(11)15(10-16)8-3-2-7-13(15)18/h11-12,14,17H,2-10H2,1H3/t11-,12-,14-,15-/m0/s1. The predicted molar refractivity (Wildman–Crippen MR) is 70.2 cm³/mol. The summed E-state index contributed by atoms with van der Waals surface area (Å²) >= 11 is 0. The fourth-order valence-electron chi connectivity index (χ4n) is 4.97. The molecule has 0 aromatic rings. The molecule has 2 saturated carbocycles. The molecule has 1 saturated heterocycles. The van der Waals surface area contributed by atoms with Crippen molar-refractivity contribution in [1.29, 1.82) is 0 Å². The molecule has 0 aromatic heterocycles. The third-order valence-electron chi connectivity index (χ3n) is 5.57. The van der Waals surface area contributed by atoms with Crippen molar-refractivity contribution in [2.75, 3.05) is 20.1 Å². The SMILES string of the molecule is CN1C[C@@H]2CCC[C@H](O)[C@H]2[C@@]2(CCCCC2=O)C1. The van der Waals surface area contributed by atoms with Crippen LogP contribution in [0.5, 0.6) is 0 Å². The number of fused-ring (bicyclic) bond motifs is 2. The normalized spacial score (nSPS) is 46.1. The summed E-state index contributed by atoms with van der Waals surface area (Å²) in [6.45, 7) is 1.95. The minimum atomic E-state index is -0.237. The highest BCUT2D eigenvalue weighted by Gasteiger charge is 2.55. The van der Waals surface area contributed by atoms with Crippen molar-refractivity contribution in [2.24, 2.45) is 17.3 Å². The van der Waals surface area contributed by atoms with Gasteiger partial charge in [0, 0.05) is 30.8 Å². The zero-order valence-corrected chi connectivity index (χ0v) is 11.4. The van der Waals surface area contributed by atoms with E-state index in [0.717, 1.165) is 51.6 Å². The van der Waals surface area contributed by atoms with Gasteiger partial charge >= 0.3 is 0 Å². The molecule has 4 atom stereocenters. The van der Waals surface area contributed by atoms with E-state index in [1.54, 1.807) is 0 Å². The van der Waals surface area contributed by atoms with Gasteiger partial charge in [-0.25, -0.2) is 0 Å². The third kappa shape index (κ3) is 1.83. The first-order valence-corrected chi connectivity index (χ1v) is 7.53. The zero-order valence-electron chi connectivity index (χ0n) is 11.4. The van der Waals surface area contributed by atoms with Gasteiger partial charge < -0.3 is 10.0 Å². The van der Waals surface area contributed by atoms with E-state index >= 15 is 0 Å². The number of likely N-dealkylation sites (tertiary alicyclic amines) is 1. The van der Waals surface area contributed by atoms with E-state index in [0.29, 0.717) is 11.7 Å². The second kappa shape index (κ2) is 4.61. The highest BCUT2D eigenvalue weighted by molar-refractivity contribution is 5.86. The quantitative estimate of drug-likeness (QED) is 0.714. The Morgan fingerprint density at radius 1 is 1.28 bits per heavy atom. The molecule has 3 nitrogen and oxygen atoms in total. The fourth-order valence-corrected chi connectivity index (χ4v) is 4.97. The Morgan fingerprint density at radius 2 is 2.11 bits per heavy atom. The highest BCUT2D eigenvalue weighted by atomic mass is 16.3. The van der Waals surface area contributed by atoms with Crippen molar-refractivity contribution in [1.82, 2.24) is 4.90 Å². The molecule has 0 bridgehead atoms. The van der Waals surface area contributed by atoms with Gasteiger partial charge in [0.2, 0.25) is 0 Å². The first-order chi connectivity index (χ1) is 8.63. The first-order valence-electron chi connectivity index (χ1n) is 7.53. The minimum Gasteiger partial charge on any atom is -0.393 e. The first kappa shape index (κ1) is 12.6. The van der Waals surface area contributed by atoms with Gasteiger partial charge in [-0.1, -0.05) is 12.8 Å². The Morgan fingerprint density at radius 3 is 2.89 bits per heavy atom. The van der Waals surface area contributed by atoms with Gasteiger partial charge in [-0.05, 0) is 38.6 Å². The molecule has 3 aliphatic rings. The molecular weight excluding hydrogens is 226 g/mol. The molecule has 1 spiro atoms. The Hall–Kier alpha value is -0.410. The number of nitrogens with zero attached hydrogens (tertiary/aromatic N) is 1. The van der Waals surface area contributed by atoms with Crippen LogP contribution in [0.15, 0.2) is 0 Å². The number of piperidine rings is 1. The van der Waals surface area contributed by atoms with Crippen LogP contribution in [0.1, 0.15) is 44.9 Å². The Bertz CT molecular complexity index is 343. The van der Waals surface area contributed by atoms with Crippen LogP contribution in [-0.4, -0.2) is 42.0 Å². The zero-order chi connectivity index (χ0) is 12.8. The molecule has 1 aliphatic heterocycles. The van der Waals surface area contributed by atoms with Crippen LogP contribution in [0.2, 0.25) is 0 Å². The number of carbonyl (C=O) groups is 1. The number of hydrogen-bond donors (Lipinski definition) is 1. The average Bonchev–Trinajstić information content (AvgIpc) is 2.32. The summed E-state index contributed by atoms with van der Waals surface area (Å²) in [7, 11) is 2.14. The van der Waals surface area contributed by atoms with Gasteiger partial charge in [0.25, 0.3) is 0 Å². The summed E-state index contributed by atoms with van der Waals surface area (Å²) in [6, 6.07) is 0. The maximum Gasteiger partial charge on any atom is 0.140 e. The fraction of sp³-hybridized carbons (Fsp3) is 0.933. The summed E-state index contributed by atoms with van der Waals surface area (Å²) in [5.74, 6) is 1.22. The molecule has 3 heteroatoms. The number of aliphatic hydroxyl groups excluding tert-OH is 1. The third-order valence-corrected chi connectivity index (χ3v) is 5.57. The molecule has 0 unspecified atom stereocenters. The van der Waals surface area contributed by atoms with Crippen molar-refractivity contribution in [3.05, 3.63) is 0 Å². The summed E-state index contributed by atoms with van der Waals surface area (Å²) in [6.07, 6.45) is 6.95. The van der Waals surface area contributed by atoms with Crippen molar-refractivity contribution < 1.29 is 9.90 Å². The molecule has 2 aliphatic carbocycles. The predicted octanol–water partition coefficient (Wildman–Crippen LogP) is 1.84. The maximum atomic E-state index is 12.6. The Balaban J connectivity index is 1.95. The van der Waals surface area contributed by atoms with Crippen molar-refractivity contribution in [3.8, 4) is 0 Å². The lowest BCUT2D eigenvalue weighted by molar-refractivity contribution is -0.156. The van der Waals surface area contributed by atoms with Crippen LogP contribution in [0.4, 0.5) is 0 Å². The molecular formula is C15H25NO2. The Kier molecular flexibility index (Phi) is 3.23. The van der Waals surface area contributed by atoms with Crippen LogP contribution in [0.25, 0.3) is 0 Å². The van der Waals surface area contributed by atoms with E-state index in [-0.39, 0.29) is 17.4 Å². The topological polar surface area (TPSA) is 40.5 Å². The van der Waals surface area contributed by atoms with Crippen LogP contribution < -0.4 is 0 Å². The number of Topliss-reactive ketones (excluding diaryl/α,β-unsaturated/α-hetero) is 1. The number of hydrogen-bond acceptors (Lipinski definition) is 3. The molecule has 0 aromatic carbocycles. The van der Waals surface area contributed by atoms with Gasteiger partial charge in [-0.3, -0.25) is 4.79 Å². The second-order valence-electron chi connectivity index (χ2n) is 6.77. The van der Waals surface area contributed by atoms with Gasteiger partial charge in [-0.15, -0.1) is 0 Å². The molecule has 1 N–H and O–H groups in total. The summed E-state index contributed by atoms with van der Waals surface area (Å²) in [5.41, 5.74) is -0.213. The lowest BCUT2D eigenvalue weighted by Gasteiger charge is -2.55. The van der Waals surface area contributed by atoms with Gasteiger partial charge in [0.15, 0.2) is 0 Å². The molecule has 0 radical (unpaired) electrons. The van der Waals surface area contributed by atoms with Gasteiger partial charge in [0.1, 0.15) is 5.78 Å². The second-order valence-corrected chi connectivity index (χ2v) is 6.77. The van der Waals surface area contributed by atoms with Crippen LogP contribution in [0.3, 0.4) is 0 Å². The van der Waals surface area contributed by atoms with E-state index in [4.69, 9.17) is 0 Å². The van der Waals surface area contributed by atoms with Gasteiger partial charge in [-0.2, -0.15) is 0 Å². The van der Waals surface area contributed by atoms with E-state index in [1.165, 1.54) is 6.42 Å². The number of carbonyl (C=O) groups excluding carboxylic acids is 1. The van der Waals surface area contributed by atoms with Crippen LogP contribution in [0, 0.1) is 17.3 Å². The monoisotopic (exact) mass is 251 g/mol. The molecule has 3 fully saturated rings. The minimum absolute atomic E-state index is 0.213. The van der Waals surface area contributed by atoms with Crippen LogP contribution in [-0.2, 0) is 4.79 Å². The van der Waals surface area contributed by atoms with Crippen molar-refractivity contribution >= 4 is 5.78 Å². The lowest BCUT2D eigenvalue weighted by atomic mass is 9.55. The van der Waals surface area contributed by atoms with E-state index < -0.39 is 0 Å². The molecule has 102 valence electrons. The largest absolute Gasteiger partial charge is 0.393 e. The van der Waals surface area contributed by atoms with E-state index in [9.17, 15) is 9.90 Å². The van der Waals surface area contributed by atoms with E-state index in [1.807, 2.05) is 0 Å². The number of aliphatic hydroxyl groups is 1. The summed E-state index contributed by atoms with van der Waals surface area (Å²) < 4.78 is 0.